The Bertz CT molecular complexity index is 973. The SMILES string of the molecule is COc1ccc(NC(=S)Nc2nn(Cc3ccc(C)cc3)cc2Br)cc1OC. The number of thiocarbonyl (C=S) groups is 1. The Morgan fingerprint density at radius 3 is 2.46 bits per heavy atom. The minimum absolute atomic E-state index is 0.425. The molecule has 0 atom stereocenters. The van der Waals surface area contributed by atoms with Crippen LogP contribution < -0.4 is 20.1 Å². The third-order valence-corrected chi connectivity index (χ3v) is 4.84. The summed E-state index contributed by atoms with van der Waals surface area (Å²) in [7, 11) is 3.19. The van der Waals surface area contributed by atoms with E-state index in [9.17, 15) is 0 Å². The molecule has 2 N–H and O–H groups in total. The number of aryl methyl sites for hydroxylation is 1. The number of nitrogens with one attached hydrogen (secondary N) is 2. The minimum Gasteiger partial charge on any atom is -0.493 e. The Morgan fingerprint density at radius 2 is 1.79 bits per heavy atom. The summed E-state index contributed by atoms with van der Waals surface area (Å²) in [6.07, 6.45) is 1.92. The fourth-order valence-electron chi connectivity index (χ4n) is 2.63. The lowest BCUT2D eigenvalue weighted by Gasteiger charge is -2.12. The van der Waals surface area contributed by atoms with Crippen molar-refractivity contribution in [2.75, 3.05) is 24.9 Å². The first kappa shape index (κ1) is 20.2. The lowest BCUT2D eigenvalue weighted by atomic mass is 10.1. The van der Waals surface area contributed by atoms with Crippen molar-refractivity contribution in [1.29, 1.82) is 0 Å². The van der Waals surface area contributed by atoms with Crippen LogP contribution in [-0.2, 0) is 6.54 Å². The normalized spacial score (nSPS) is 10.4. The third kappa shape index (κ3) is 5.02. The molecule has 1 heterocycles. The molecule has 0 aliphatic carbocycles. The maximum absolute atomic E-state index is 5.41. The van der Waals surface area contributed by atoms with Gasteiger partial charge in [0, 0.05) is 18.0 Å². The van der Waals surface area contributed by atoms with Gasteiger partial charge in [0.25, 0.3) is 0 Å². The van der Waals surface area contributed by atoms with Crippen LogP contribution in [0.2, 0.25) is 0 Å². The number of benzene rings is 2. The van der Waals surface area contributed by atoms with Gasteiger partial charge in [-0.3, -0.25) is 4.68 Å². The second kappa shape index (κ2) is 9.07. The van der Waals surface area contributed by atoms with Gasteiger partial charge in [-0.1, -0.05) is 29.8 Å². The number of ether oxygens (including phenoxy) is 2. The van der Waals surface area contributed by atoms with Gasteiger partial charge in [-0.15, -0.1) is 0 Å². The zero-order chi connectivity index (χ0) is 20.1. The molecule has 8 heteroatoms. The van der Waals surface area contributed by atoms with Crippen LogP contribution in [0.4, 0.5) is 11.5 Å². The fourth-order valence-corrected chi connectivity index (χ4v) is 3.26. The van der Waals surface area contributed by atoms with Crippen molar-refractivity contribution < 1.29 is 9.47 Å². The fraction of sp³-hybridized carbons (Fsp3) is 0.200. The van der Waals surface area contributed by atoms with Crippen molar-refractivity contribution in [3.63, 3.8) is 0 Å². The van der Waals surface area contributed by atoms with Crippen LogP contribution in [0, 0.1) is 6.92 Å². The maximum atomic E-state index is 5.41. The van der Waals surface area contributed by atoms with Crippen molar-refractivity contribution in [3.8, 4) is 11.5 Å². The van der Waals surface area contributed by atoms with Crippen LogP contribution in [0.3, 0.4) is 0 Å². The van der Waals surface area contributed by atoms with Gasteiger partial charge in [-0.2, -0.15) is 5.10 Å². The van der Waals surface area contributed by atoms with E-state index in [1.807, 2.05) is 29.1 Å². The van der Waals surface area contributed by atoms with Gasteiger partial charge in [-0.05, 0) is 52.8 Å². The molecular formula is C20H21BrN4O2S. The molecule has 3 aromatic rings. The number of hydrogen-bond acceptors (Lipinski definition) is 4. The number of hydrogen-bond donors (Lipinski definition) is 2. The number of nitrogens with zero attached hydrogens (tertiary/aromatic N) is 2. The van der Waals surface area contributed by atoms with E-state index in [2.05, 4.69) is 62.9 Å². The molecule has 3 rings (SSSR count). The summed E-state index contributed by atoms with van der Waals surface area (Å²) >= 11 is 8.94. The predicted molar refractivity (Wildman–Crippen MR) is 120 cm³/mol. The average Bonchev–Trinajstić information content (AvgIpc) is 3.02. The molecule has 0 aliphatic heterocycles. The summed E-state index contributed by atoms with van der Waals surface area (Å²) < 4.78 is 13.2. The molecule has 0 aliphatic rings. The first-order valence-corrected chi connectivity index (χ1v) is 9.77. The summed E-state index contributed by atoms with van der Waals surface area (Å²) in [6.45, 7) is 2.75. The second-order valence-corrected chi connectivity index (χ2v) is 7.42. The van der Waals surface area contributed by atoms with E-state index in [0.29, 0.717) is 29.0 Å². The van der Waals surface area contributed by atoms with Crippen molar-refractivity contribution in [3.05, 3.63) is 64.3 Å². The minimum atomic E-state index is 0.425. The Hall–Kier alpha value is -2.58. The molecule has 0 saturated heterocycles. The zero-order valence-electron chi connectivity index (χ0n) is 15.8. The van der Waals surface area contributed by atoms with E-state index in [1.54, 1.807) is 14.2 Å². The molecule has 146 valence electrons. The van der Waals surface area contributed by atoms with Gasteiger partial charge in [0.1, 0.15) is 0 Å². The first-order valence-electron chi connectivity index (χ1n) is 8.57. The van der Waals surface area contributed by atoms with Gasteiger partial charge < -0.3 is 20.1 Å². The molecule has 2 aromatic carbocycles. The molecule has 0 saturated carbocycles. The van der Waals surface area contributed by atoms with E-state index in [4.69, 9.17) is 21.7 Å². The number of methoxy groups -OCH3 is 2. The second-order valence-electron chi connectivity index (χ2n) is 6.16. The number of rotatable bonds is 6. The molecule has 0 bridgehead atoms. The average molecular weight is 461 g/mol. The summed E-state index contributed by atoms with van der Waals surface area (Å²) in [5, 5.41) is 11.2. The Kier molecular flexibility index (Phi) is 6.53. The lowest BCUT2D eigenvalue weighted by Crippen LogP contribution is -2.19. The number of aromatic nitrogens is 2. The third-order valence-electron chi connectivity index (χ3n) is 4.06. The van der Waals surface area contributed by atoms with Gasteiger partial charge in [0.2, 0.25) is 0 Å². The van der Waals surface area contributed by atoms with Crippen LogP contribution in [0.25, 0.3) is 0 Å². The Labute approximate surface area is 178 Å². The monoisotopic (exact) mass is 460 g/mol. The highest BCUT2D eigenvalue weighted by Crippen LogP contribution is 2.30. The molecule has 0 radical (unpaired) electrons. The van der Waals surface area contributed by atoms with Crippen molar-refractivity contribution >= 4 is 44.8 Å². The van der Waals surface area contributed by atoms with E-state index >= 15 is 0 Å². The van der Waals surface area contributed by atoms with Gasteiger partial charge in [0.05, 0.1) is 25.2 Å². The van der Waals surface area contributed by atoms with Crippen LogP contribution in [0.1, 0.15) is 11.1 Å². The summed E-state index contributed by atoms with van der Waals surface area (Å²) in [5.41, 5.74) is 3.20. The lowest BCUT2D eigenvalue weighted by molar-refractivity contribution is 0.355. The van der Waals surface area contributed by atoms with E-state index in [-0.39, 0.29) is 0 Å². The van der Waals surface area contributed by atoms with Crippen molar-refractivity contribution in [2.45, 2.75) is 13.5 Å². The zero-order valence-corrected chi connectivity index (χ0v) is 18.2. The molecular weight excluding hydrogens is 440 g/mol. The van der Waals surface area contributed by atoms with Gasteiger partial charge in [-0.25, -0.2) is 0 Å². The maximum Gasteiger partial charge on any atom is 0.176 e. The van der Waals surface area contributed by atoms with Crippen molar-refractivity contribution in [2.24, 2.45) is 0 Å². The van der Waals surface area contributed by atoms with Crippen molar-refractivity contribution in [1.82, 2.24) is 9.78 Å². The highest BCUT2D eigenvalue weighted by molar-refractivity contribution is 9.10. The molecule has 1 aromatic heterocycles. The topological polar surface area (TPSA) is 60.3 Å². The Morgan fingerprint density at radius 1 is 1.07 bits per heavy atom. The molecule has 6 nitrogen and oxygen atoms in total. The smallest absolute Gasteiger partial charge is 0.176 e. The molecule has 0 spiro atoms. The van der Waals surface area contributed by atoms with Gasteiger partial charge in [0.15, 0.2) is 22.4 Å². The van der Waals surface area contributed by atoms with Gasteiger partial charge >= 0.3 is 0 Å². The highest BCUT2D eigenvalue weighted by atomic mass is 79.9. The van der Waals surface area contributed by atoms with E-state index in [0.717, 1.165) is 10.2 Å². The van der Waals surface area contributed by atoms with Crippen LogP contribution in [-0.4, -0.2) is 29.1 Å². The molecule has 0 fully saturated rings. The number of halogens is 1. The van der Waals surface area contributed by atoms with E-state index in [1.165, 1.54) is 11.1 Å². The molecule has 28 heavy (non-hydrogen) atoms. The molecule has 0 amide bonds. The largest absolute Gasteiger partial charge is 0.493 e. The van der Waals surface area contributed by atoms with E-state index < -0.39 is 0 Å². The number of anilines is 2. The van der Waals surface area contributed by atoms with Crippen LogP contribution >= 0.6 is 28.1 Å². The summed E-state index contributed by atoms with van der Waals surface area (Å²) in [5.74, 6) is 1.92. The first-order chi connectivity index (χ1) is 13.5. The summed E-state index contributed by atoms with van der Waals surface area (Å²) in [6, 6.07) is 13.9. The highest BCUT2D eigenvalue weighted by Gasteiger charge is 2.10. The molecule has 0 unspecified atom stereocenters. The predicted octanol–water partition coefficient (Wildman–Crippen LogP) is 4.83. The quantitative estimate of drug-likeness (QED) is 0.513. The van der Waals surface area contributed by atoms with Crippen LogP contribution in [0.15, 0.2) is 53.1 Å². The summed E-state index contributed by atoms with van der Waals surface area (Å²) in [4.78, 5) is 0. The standard InChI is InChI=1S/C20H21BrN4O2S/c1-13-4-6-14(7-5-13)11-25-12-16(21)19(24-25)23-20(28)22-15-8-9-17(26-2)18(10-15)27-3/h4-10,12H,11H2,1-3H3,(H2,22,23,24,28). The Balaban J connectivity index is 1.65. The van der Waals surface area contributed by atoms with Crippen LogP contribution in [0.5, 0.6) is 11.5 Å².